The molecule has 0 saturated heterocycles. The number of hydrogen-bond acceptors (Lipinski definition) is 7. The van der Waals surface area contributed by atoms with Crippen molar-refractivity contribution < 1.29 is 9.84 Å². The fourth-order valence-electron chi connectivity index (χ4n) is 2.06. The summed E-state index contributed by atoms with van der Waals surface area (Å²) in [6.45, 7) is 4.91. The summed E-state index contributed by atoms with van der Waals surface area (Å²) in [6, 6.07) is 1.69. The average molecular weight is 283 g/mol. The number of hydrogen-bond donors (Lipinski definition) is 4. The molecule has 0 spiro atoms. The molecule has 5 N–H and O–H groups in total. The van der Waals surface area contributed by atoms with Crippen LogP contribution < -0.4 is 16.6 Å². The van der Waals surface area contributed by atoms with Crippen molar-refractivity contribution in [1.82, 2.24) is 9.97 Å². The number of hydrazine groups is 1. The first-order valence-electron chi connectivity index (χ1n) is 6.89. The maximum Gasteiger partial charge on any atom is 0.158 e. The van der Waals surface area contributed by atoms with Gasteiger partial charge in [-0.15, -0.1) is 0 Å². The van der Waals surface area contributed by atoms with Crippen molar-refractivity contribution in [2.75, 3.05) is 24.4 Å². The molecule has 0 aliphatic rings. The zero-order valence-corrected chi connectivity index (χ0v) is 12.4. The van der Waals surface area contributed by atoms with Crippen LogP contribution in [0.5, 0.6) is 0 Å². The molecular formula is C13H25N5O2. The summed E-state index contributed by atoms with van der Waals surface area (Å²) in [5.74, 6) is 7.31. The van der Waals surface area contributed by atoms with Gasteiger partial charge >= 0.3 is 0 Å². The summed E-state index contributed by atoms with van der Waals surface area (Å²) >= 11 is 0. The van der Waals surface area contributed by atoms with Gasteiger partial charge in [0.25, 0.3) is 0 Å². The number of aromatic nitrogens is 2. The van der Waals surface area contributed by atoms with E-state index >= 15 is 0 Å². The zero-order valence-electron chi connectivity index (χ0n) is 12.4. The van der Waals surface area contributed by atoms with E-state index < -0.39 is 6.10 Å². The normalized spacial score (nSPS) is 12.5. The Labute approximate surface area is 119 Å². The van der Waals surface area contributed by atoms with Crippen LogP contribution in [0.15, 0.2) is 6.07 Å². The molecule has 1 heterocycles. The number of nitrogens with zero attached hydrogens (tertiary/aromatic N) is 2. The molecule has 0 aliphatic carbocycles. The Balaban J connectivity index is 2.68. The van der Waals surface area contributed by atoms with Gasteiger partial charge in [0.15, 0.2) is 5.82 Å². The predicted molar refractivity (Wildman–Crippen MR) is 79.1 cm³/mol. The standard InChI is InChI=1S/C13H25N5O2/c1-4-9(5-2)10(19)7-15-11-6-12(18-14)17-13(16-11)8-20-3/h6,9-10,19H,4-5,7-8,14H2,1-3H3,(H2,15,16,17,18). The van der Waals surface area contributed by atoms with Crippen LogP contribution >= 0.6 is 0 Å². The van der Waals surface area contributed by atoms with Crippen LogP contribution in [0.4, 0.5) is 11.6 Å². The van der Waals surface area contributed by atoms with Gasteiger partial charge in [0.2, 0.25) is 0 Å². The van der Waals surface area contributed by atoms with Crippen molar-refractivity contribution in [3.63, 3.8) is 0 Å². The summed E-state index contributed by atoms with van der Waals surface area (Å²) in [5.41, 5.74) is 2.49. The molecule has 114 valence electrons. The Morgan fingerprint density at radius 2 is 1.95 bits per heavy atom. The molecule has 1 aromatic heterocycles. The second-order valence-corrected chi connectivity index (χ2v) is 4.66. The largest absolute Gasteiger partial charge is 0.391 e. The predicted octanol–water partition coefficient (Wildman–Crippen LogP) is 1.12. The molecule has 0 amide bonds. The van der Waals surface area contributed by atoms with Gasteiger partial charge in [-0.2, -0.15) is 0 Å². The second-order valence-electron chi connectivity index (χ2n) is 4.66. The lowest BCUT2D eigenvalue weighted by Gasteiger charge is -2.20. The van der Waals surface area contributed by atoms with Crippen molar-refractivity contribution in [3.05, 3.63) is 11.9 Å². The summed E-state index contributed by atoms with van der Waals surface area (Å²) in [5, 5.41) is 13.2. The first-order chi connectivity index (χ1) is 9.64. The van der Waals surface area contributed by atoms with Crippen LogP contribution in [0.25, 0.3) is 0 Å². The second kappa shape index (κ2) is 8.68. The summed E-state index contributed by atoms with van der Waals surface area (Å²) in [4.78, 5) is 8.46. The summed E-state index contributed by atoms with van der Waals surface area (Å²) in [7, 11) is 1.58. The van der Waals surface area contributed by atoms with Crippen molar-refractivity contribution in [2.45, 2.75) is 39.4 Å². The number of aliphatic hydroxyl groups excluding tert-OH is 1. The molecule has 0 fully saturated rings. The maximum absolute atomic E-state index is 10.1. The van der Waals surface area contributed by atoms with Crippen molar-refractivity contribution in [1.29, 1.82) is 0 Å². The van der Waals surface area contributed by atoms with Gasteiger partial charge in [-0.3, -0.25) is 0 Å². The molecule has 7 heteroatoms. The molecule has 1 unspecified atom stereocenters. The quantitative estimate of drug-likeness (QED) is 0.397. The Hall–Kier alpha value is -1.44. The molecule has 0 aromatic carbocycles. The van der Waals surface area contributed by atoms with Crippen LogP contribution in [0, 0.1) is 5.92 Å². The maximum atomic E-state index is 10.1. The molecule has 1 aromatic rings. The molecular weight excluding hydrogens is 258 g/mol. The fraction of sp³-hybridized carbons (Fsp3) is 0.692. The molecule has 0 radical (unpaired) electrons. The van der Waals surface area contributed by atoms with E-state index in [1.807, 2.05) is 0 Å². The highest BCUT2D eigenvalue weighted by molar-refractivity contribution is 5.46. The first-order valence-corrected chi connectivity index (χ1v) is 6.89. The molecule has 0 aliphatic heterocycles. The fourth-order valence-corrected chi connectivity index (χ4v) is 2.06. The molecule has 1 rings (SSSR count). The highest BCUT2D eigenvalue weighted by Crippen LogP contribution is 2.15. The number of nitrogens with two attached hydrogens (primary N) is 1. The van der Waals surface area contributed by atoms with E-state index in [2.05, 4.69) is 34.6 Å². The van der Waals surface area contributed by atoms with Gasteiger partial charge in [0.05, 0.1) is 6.10 Å². The van der Waals surface area contributed by atoms with Gasteiger partial charge in [-0.05, 0) is 5.92 Å². The third kappa shape index (κ3) is 4.92. The van der Waals surface area contributed by atoms with Crippen LogP contribution in [0.2, 0.25) is 0 Å². The lowest BCUT2D eigenvalue weighted by atomic mass is 9.97. The molecule has 20 heavy (non-hydrogen) atoms. The Morgan fingerprint density at radius 3 is 2.50 bits per heavy atom. The lowest BCUT2D eigenvalue weighted by Crippen LogP contribution is -2.28. The van der Waals surface area contributed by atoms with Crippen LogP contribution in [-0.4, -0.2) is 34.8 Å². The van der Waals surface area contributed by atoms with E-state index in [4.69, 9.17) is 10.6 Å². The lowest BCUT2D eigenvalue weighted by molar-refractivity contribution is 0.114. The van der Waals surface area contributed by atoms with Crippen LogP contribution in [0.3, 0.4) is 0 Å². The van der Waals surface area contributed by atoms with Gasteiger partial charge < -0.3 is 20.6 Å². The molecule has 0 saturated carbocycles. The van der Waals surface area contributed by atoms with E-state index in [9.17, 15) is 5.11 Å². The number of nitrogens with one attached hydrogen (secondary N) is 2. The minimum absolute atomic E-state index is 0.287. The Bertz CT molecular complexity index is 398. The number of ether oxygens (including phenoxy) is 1. The number of rotatable bonds is 9. The average Bonchev–Trinajstić information content (AvgIpc) is 2.46. The number of aliphatic hydroxyl groups is 1. The van der Waals surface area contributed by atoms with E-state index in [0.29, 0.717) is 30.6 Å². The van der Waals surface area contributed by atoms with E-state index in [-0.39, 0.29) is 5.92 Å². The minimum atomic E-state index is -0.403. The van der Waals surface area contributed by atoms with Gasteiger partial charge in [-0.1, -0.05) is 26.7 Å². The Morgan fingerprint density at radius 1 is 1.30 bits per heavy atom. The first kappa shape index (κ1) is 16.6. The van der Waals surface area contributed by atoms with Crippen LogP contribution in [-0.2, 0) is 11.3 Å². The van der Waals surface area contributed by atoms with E-state index in [1.165, 1.54) is 0 Å². The van der Waals surface area contributed by atoms with E-state index in [1.54, 1.807) is 13.2 Å². The third-order valence-electron chi connectivity index (χ3n) is 3.28. The topological polar surface area (TPSA) is 105 Å². The van der Waals surface area contributed by atoms with Gasteiger partial charge in [0, 0.05) is 19.7 Å². The minimum Gasteiger partial charge on any atom is -0.391 e. The number of methoxy groups -OCH3 is 1. The highest BCUT2D eigenvalue weighted by atomic mass is 16.5. The molecule has 7 nitrogen and oxygen atoms in total. The SMILES string of the molecule is CCC(CC)C(O)CNc1cc(NN)nc(COC)n1. The monoisotopic (exact) mass is 283 g/mol. The molecule has 0 bridgehead atoms. The third-order valence-corrected chi connectivity index (χ3v) is 3.28. The van der Waals surface area contributed by atoms with E-state index in [0.717, 1.165) is 12.8 Å². The number of anilines is 2. The molecule has 1 atom stereocenters. The highest BCUT2D eigenvalue weighted by Gasteiger charge is 2.15. The van der Waals surface area contributed by atoms with Crippen molar-refractivity contribution in [2.24, 2.45) is 11.8 Å². The van der Waals surface area contributed by atoms with Gasteiger partial charge in [-0.25, -0.2) is 15.8 Å². The van der Waals surface area contributed by atoms with Crippen molar-refractivity contribution >= 4 is 11.6 Å². The smallest absolute Gasteiger partial charge is 0.158 e. The van der Waals surface area contributed by atoms with Gasteiger partial charge in [0.1, 0.15) is 18.2 Å². The number of nitrogen functional groups attached to an aromatic ring is 1. The van der Waals surface area contributed by atoms with Crippen LogP contribution in [0.1, 0.15) is 32.5 Å². The summed E-state index contributed by atoms with van der Waals surface area (Å²) in [6.07, 6.45) is 1.50. The summed E-state index contributed by atoms with van der Waals surface area (Å²) < 4.78 is 5.01. The zero-order chi connectivity index (χ0) is 15.0. The van der Waals surface area contributed by atoms with Crippen molar-refractivity contribution in [3.8, 4) is 0 Å². The Kier molecular flexibility index (Phi) is 7.21.